The second-order valence-corrected chi connectivity index (χ2v) is 3.82. The van der Waals surface area contributed by atoms with Gasteiger partial charge in [0.25, 0.3) is 0 Å². The van der Waals surface area contributed by atoms with Gasteiger partial charge in [0.15, 0.2) is 0 Å². The molecule has 19 heavy (non-hydrogen) atoms. The summed E-state index contributed by atoms with van der Waals surface area (Å²) in [5.41, 5.74) is 1.78. The Morgan fingerprint density at radius 3 is 2.58 bits per heavy atom. The molecule has 1 aromatic carbocycles. The number of rotatable bonds is 3. The highest BCUT2D eigenvalue weighted by atomic mass is 19.1. The van der Waals surface area contributed by atoms with Gasteiger partial charge in [-0.15, -0.1) is 0 Å². The maximum Gasteiger partial charge on any atom is 0.140 e. The second-order valence-electron chi connectivity index (χ2n) is 3.82. The van der Waals surface area contributed by atoms with Crippen LogP contribution in [-0.2, 0) is 6.54 Å². The minimum absolute atomic E-state index is 0.283. The van der Waals surface area contributed by atoms with Crippen LogP contribution in [0.5, 0.6) is 0 Å². The first-order valence-corrected chi connectivity index (χ1v) is 5.51. The zero-order valence-electron chi connectivity index (χ0n) is 9.89. The Bertz CT molecular complexity index is 665. The molecule has 0 saturated heterocycles. The average molecular weight is 252 g/mol. The molecule has 0 amide bonds. The predicted molar refractivity (Wildman–Crippen MR) is 67.4 cm³/mol. The number of aromatic nitrogens is 1. The molecular formula is C14H9FN4. The van der Waals surface area contributed by atoms with Crippen LogP contribution in [0.15, 0.2) is 36.5 Å². The quantitative estimate of drug-likeness (QED) is 0.911. The fourth-order valence-corrected chi connectivity index (χ4v) is 1.52. The molecule has 1 heterocycles. The maximum absolute atomic E-state index is 13.6. The first kappa shape index (κ1) is 12.5. The van der Waals surface area contributed by atoms with Crippen molar-refractivity contribution in [2.45, 2.75) is 6.54 Å². The summed E-state index contributed by atoms with van der Waals surface area (Å²) in [6.07, 6.45) is 1.51. The molecule has 0 atom stereocenters. The normalized spacial score (nSPS) is 9.42. The van der Waals surface area contributed by atoms with E-state index in [1.165, 1.54) is 12.3 Å². The van der Waals surface area contributed by atoms with E-state index in [1.54, 1.807) is 24.3 Å². The molecule has 0 unspecified atom stereocenters. The van der Waals surface area contributed by atoms with E-state index in [0.717, 1.165) is 0 Å². The summed E-state index contributed by atoms with van der Waals surface area (Å²) in [5, 5.41) is 20.3. The summed E-state index contributed by atoms with van der Waals surface area (Å²) in [5.74, 6) is -0.423. The first-order chi connectivity index (χ1) is 9.22. The van der Waals surface area contributed by atoms with Gasteiger partial charge in [-0.3, -0.25) is 0 Å². The molecule has 0 fully saturated rings. The van der Waals surface area contributed by atoms with E-state index in [9.17, 15) is 4.39 Å². The molecule has 0 saturated carbocycles. The smallest absolute Gasteiger partial charge is 0.140 e. The highest BCUT2D eigenvalue weighted by Crippen LogP contribution is 2.13. The molecule has 1 aromatic heterocycles. The van der Waals surface area contributed by atoms with E-state index < -0.39 is 5.82 Å². The monoisotopic (exact) mass is 252 g/mol. The van der Waals surface area contributed by atoms with Crippen LogP contribution in [0.2, 0.25) is 0 Å². The number of halogens is 1. The first-order valence-electron chi connectivity index (χ1n) is 5.51. The van der Waals surface area contributed by atoms with Gasteiger partial charge in [0.2, 0.25) is 0 Å². The molecule has 0 aliphatic rings. The van der Waals surface area contributed by atoms with Gasteiger partial charge in [0.05, 0.1) is 23.5 Å². The molecule has 0 aliphatic carbocycles. The Hall–Kier alpha value is -2.92. The van der Waals surface area contributed by atoms with Crippen molar-refractivity contribution >= 4 is 5.69 Å². The van der Waals surface area contributed by atoms with Crippen LogP contribution in [0.1, 0.15) is 16.8 Å². The number of pyridine rings is 1. The molecule has 0 spiro atoms. The fraction of sp³-hybridized carbons (Fsp3) is 0.0714. The minimum atomic E-state index is -0.423. The van der Waals surface area contributed by atoms with E-state index in [-0.39, 0.29) is 6.54 Å². The maximum atomic E-state index is 13.6. The van der Waals surface area contributed by atoms with Crippen molar-refractivity contribution in [3.8, 4) is 12.1 Å². The van der Waals surface area contributed by atoms with Crippen LogP contribution in [0.25, 0.3) is 0 Å². The van der Waals surface area contributed by atoms with E-state index >= 15 is 0 Å². The lowest BCUT2D eigenvalue weighted by molar-refractivity contribution is 0.612. The van der Waals surface area contributed by atoms with Gasteiger partial charge in [-0.2, -0.15) is 10.5 Å². The lowest BCUT2D eigenvalue weighted by Gasteiger charge is -2.07. The Balaban J connectivity index is 2.06. The molecule has 2 rings (SSSR count). The fourth-order valence-electron chi connectivity index (χ4n) is 1.52. The molecule has 2 aromatic rings. The van der Waals surface area contributed by atoms with E-state index in [4.69, 9.17) is 10.5 Å². The summed E-state index contributed by atoms with van der Waals surface area (Å²) in [6.45, 7) is 0.283. The largest absolute Gasteiger partial charge is 0.380 e. The van der Waals surface area contributed by atoms with Crippen LogP contribution in [0.4, 0.5) is 10.1 Å². The Morgan fingerprint density at radius 1 is 1.16 bits per heavy atom. The third kappa shape index (κ3) is 3.05. The molecule has 5 heteroatoms. The summed E-state index contributed by atoms with van der Waals surface area (Å²) < 4.78 is 13.6. The average Bonchev–Trinajstić information content (AvgIpc) is 2.46. The summed E-state index contributed by atoms with van der Waals surface area (Å²) in [6, 6.07) is 11.4. The van der Waals surface area contributed by atoms with Crippen molar-refractivity contribution in [2.75, 3.05) is 5.32 Å². The van der Waals surface area contributed by atoms with Gasteiger partial charge in [-0.1, -0.05) is 6.07 Å². The van der Waals surface area contributed by atoms with Gasteiger partial charge in [0, 0.05) is 12.1 Å². The Kier molecular flexibility index (Phi) is 3.70. The van der Waals surface area contributed by atoms with Crippen molar-refractivity contribution in [1.29, 1.82) is 10.5 Å². The number of nitrogens with one attached hydrogen (secondary N) is 1. The van der Waals surface area contributed by atoms with Crippen molar-refractivity contribution in [1.82, 2.24) is 4.98 Å². The molecule has 4 nitrogen and oxygen atoms in total. The molecule has 0 bridgehead atoms. The van der Waals surface area contributed by atoms with E-state index in [2.05, 4.69) is 10.3 Å². The minimum Gasteiger partial charge on any atom is -0.380 e. The van der Waals surface area contributed by atoms with Crippen LogP contribution in [-0.4, -0.2) is 4.98 Å². The van der Waals surface area contributed by atoms with Crippen molar-refractivity contribution < 1.29 is 4.39 Å². The third-order valence-electron chi connectivity index (χ3n) is 2.54. The molecule has 0 aliphatic heterocycles. The molecule has 0 radical (unpaired) electrons. The highest BCUT2D eigenvalue weighted by molar-refractivity contribution is 5.44. The number of anilines is 1. The number of nitrogens with zero attached hydrogens (tertiary/aromatic N) is 3. The Morgan fingerprint density at radius 2 is 2.00 bits per heavy atom. The molecule has 92 valence electrons. The van der Waals surface area contributed by atoms with E-state index in [0.29, 0.717) is 22.5 Å². The van der Waals surface area contributed by atoms with Crippen LogP contribution in [0.3, 0.4) is 0 Å². The summed E-state index contributed by atoms with van der Waals surface area (Å²) in [4.78, 5) is 3.90. The molecular weight excluding hydrogens is 243 g/mol. The lowest BCUT2D eigenvalue weighted by atomic mass is 10.1. The topological polar surface area (TPSA) is 72.5 Å². The Labute approximate surface area is 109 Å². The van der Waals surface area contributed by atoms with Gasteiger partial charge in [0.1, 0.15) is 17.6 Å². The van der Waals surface area contributed by atoms with Gasteiger partial charge >= 0.3 is 0 Å². The van der Waals surface area contributed by atoms with E-state index in [1.807, 2.05) is 12.1 Å². The van der Waals surface area contributed by atoms with Crippen molar-refractivity contribution in [3.05, 3.63) is 59.2 Å². The number of nitriles is 2. The third-order valence-corrected chi connectivity index (χ3v) is 2.54. The van der Waals surface area contributed by atoms with Crippen molar-refractivity contribution in [3.63, 3.8) is 0 Å². The number of hydrogen-bond acceptors (Lipinski definition) is 4. The van der Waals surface area contributed by atoms with Crippen LogP contribution >= 0.6 is 0 Å². The van der Waals surface area contributed by atoms with Gasteiger partial charge in [-0.05, 0) is 24.3 Å². The van der Waals surface area contributed by atoms with Crippen LogP contribution < -0.4 is 5.32 Å². The second kappa shape index (κ2) is 5.61. The van der Waals surface area contributed by atoms with Gasteiger partial charge < -0.3 is 5.32 Å². The standard InChI is InChI=1S/C14H9FN4/c15-14-5-10(6-16)1-2-11(14)8-18-13-4-3-12(7-17)19-9-13/h1-5,9,18H,8H2. The zero-order chi connectivity index (χ0) is 13.7. The zero-order valence-corrected chi connectivity index (χ0v) is 9.89. The number of benzene rings is 1. The van der Waals surface area contributed by atoms with Crippen molar-refractivity contribution in [2.24, 2.45) is 0 Å². The molecule has 1 N–H and O–H groups in total. The van der Waals surface area contributed by atoms with Gasteiger partial charge in [-0.25, -0.2) is 9.37 Å². The predicted octanol–water partition coefficient (Wildman–Crippen LogP) is 2.58. The summed E-state index contributed by atoms with van der Waals surface area (Å²) in [7, 11) is 0. The van der Waals surface area contributed by atoms with Crippen LogP contribution in [0, 0.1) is 28.5 Å². The highest BCUT2D eigenvalue weighted by Gasteiger charge is 2.03. The SMILES string of the molecule is N#Cc1ccc(CNc2ccc(C#N)nc2)c(F)c1. The lowest BCUT2D eigenvalue weighted by Crippen LogP contribution is -2.02. The number of hydrogen-bond donors (Lipinski definition) is 1. The summed E-state index contributed by atoms with van der Waals surface area (Å²) >= 11 is 0.